The molecule has 3 unspecified atom stereocenters. The third kappa shape index (κ3) is 5.19. The van der Waals surface area contributed by atoms with Crippen molar-refractivity contribution in [1.29, 1.82) is 0 Å². The lowest BCUT2D eigenvalue weighted by Gasteiger charge is -2.36. The molecule has 4 heteroatoms. The van der Waals surface area contributed by atoms with E-state index in [1.807, 2.05) is 0 Å². The van der Waals surface area contributed by atoms with Crippen molar-refractivity contribution in [1.82, 2.24) is 10.2 Å². The summed E-state index contributed by atoms with van der Waals surface area (Å²) in [5.74, 6) is 1.90. The number of hydrogen-bond donors (Lipinski definition) is 1. The van der Waals surface area contributed by atoms with E-state index in [1.54, 1.807) is 0 Å². The highest BCUT2D eigenvalue weighted by atomic mass is 16.5. The number of ether oxygens (including phenoxy) is 1. The molecule has 0 radical (unpaired) electrons. The molecule has 1 heterocycles. The van der Waals surface area contributed by atoms with E-state index in [1.165, 1.54) is 32.2 Å². The van der Waals surface area contributed by atoms with Gasteiger partial charge in [-0.1, -0.05) is 26.7 Å². The van der Waals surface area contributed by atoms with Gasteiger partial charge in [0.2, 0.25) is 0 Å². The van der Waals surface area contributed by atoms with E-state index in [2.05, 4.69) is 24.1 Å². The molecule has 1 saturated heterocycles. The van der Waals surface area contributed by atoms with Crippen LogP contribution < -0.4 is 5.32 Å². The van der Waals surface area contributed by atoms with Crippen molar-refractivity contribution in [2.75, 3.05) is 19.6 Å². The van der Waals surface area contributed by atoms with Gasteiger partial charge in [0.15, 0.2) is 0 Å². The predicted octanol–water partition coefficient (Wildman–Crippen LogP) is 3.35. The molecule has 0 bridgehead atoms. The van der Waals surface area contributed by atoms with Crippen LogP contribution in [0.2, 0.25) is 0 Å². The summed E-state index contributed by atoms with van der Waals surface area (Å²) in [7, 11) is 0. The van der Waals surface area contributed by atoms with Crippen LogP contribution in [0.3, 0.4) is 0 Å². The second kappa shape index (κ2) is 8.66. The minimum Gasteiger partial charge on any atom is -0.365 e. The van der Waals surface area contributed by atoms with Crippen molar-refractivity contribution in [3.63, 3.8) is 0 Å². The molecular formula is C20H36N2O2. The Morgan fingerprint density at radius 1 is 1.17 bits per heavy atom. The molecule has 0 aromatic rings. The zero-order valence-electron chi connectivity index (χ0n) is 15.6. The lowest BCUT2D eigenvalue weighted by molar-refractivity contribution is -0.151. The summed E-state index contributed by atoms with van der Waals surface area (Å²) in [6.07, 6.45) is 10.7. The maximum atomic E-state index is 12.8. The summed E-state index contributed by atoms with van der Waals surface area (Å²) in [5.41, 5.74) is 0. The Hall–Kier alpha value is -0.610. The Bertz CT molecular complexity index is 402. The lowest BCUT2D eigenvalue weighted by Crippen LogP contribution is -2.49. The number of rotatable bonds is 7. The van der Waals surface area contributed by atoms with Crippen LogP contribution >= 0.6 is 0 Å². The number of carbonyl (C=O) groups excluding carboxylic acids is 1. The van der Waals surface area contributed by atoms with Crippen LogP contribution in [0, 0.1) is 11.8 Å². The van der Waals surface area contributed by atoms with E-state index in [9.17, 15) is 4.79 Å². The van der Waals surface area contributed by atoms with Crippen LogP contribution in [0.15, 0.2) is 0 Å². The molecule has 3 rings (SSSR count). The van der Waals surface area contributed by atoms with Crippen LogP contribution in [0.25, 0.3) is 0 Å². The summed E-state index contributed by atoms with van der Waals surface area (Å²) < 4.78 is 6.23. The van der Waals surface area contributed by atoms with Crippen LogP contribution in [-0.4, -0.2) is 48.7 Å². The Balaban J connectivity index is 1.42. The molecule has 0 aromatic heterocycles. The van der Waals surface area contributed by atoms with Crippen molar-refractivity contribution in [2.24, 2.45) is 11.8 Å². The van der Waals surface area contributed by atoms with E-state index < -0.39 is 0 Å². The topological polar surface area (TPSA) is 41.6 Å². The normalized spacial score (nSPS) is 30.3. The summed E-state index contributed by atoms with van der Waals surface area (Å²) in [6.45, 7) is 7.35. The average molecular weight is 337 g/mol. The standard InChI is InChI=1S/C20H36N2O2/c1-3-19(24-18-6-4-5-15(2)13-18)20(23)22-11-9-17(10-12-22)21-14-16-7-8-16/h15-19,21H,3-14H2,1-2H3. The van der Waals surface area contributed by atoms with Gasteiger partial charge < -0.3 is 15.0 Å². The SMILES string of the molecule is CCC(OC1CCCC(C)C1)C(=O)N1CCC(NCC2CC2)CC1. The first-order valence-corrected chi connectivity index (χ1v) is 10.3. The first kappa shape index (κ1) is 18.2. The van der Waals surface area contributed by atoms with Crippen LogP contribution in [0.5, 0.6) is 0 Å². The van der Waals surface area contributed by atoms with Gasteiger partial charge in [-0.15, -0.1) is 0 Å². The number of nitrogens with one attached hydrogen (secondary N) is 1. The van der Waals surface area contributed by atoms with Gasteiger partial charge in [-0.3, -0.25) is 4.79 Å². The zero-order chi connectivity index (χ0) is 16.9. The Morgan fingerprint density at radius 2 is 1.92 bits per heavy atom. The molecule has 1 N–H and O–H groups in total. The number of piperidine rings is 1. The van der Waals surface area contributed by atoms with Gasteiger partial charge in [-0.25, -0.2) is 0 Å². The van der Waals surface area contributed by atoms with Crippen molar-refractivity contribution in [3.8, 4) is 0 Å². The van der Waals surface area contributed by atoms with E-state index in [0.717, 1.165) is 57.0 Å². The number of nitrogens with zero attached hydrogens (tertiary/aromatic N) is 1. The second-order valence-electron chi connectivity index (χ2n) is 8.38. The zero-order valence-corrected chi connectivity index (χ0v) is 15.6. The first-order chi connectivity index (χ1) is 11.7. The van der Waals surface area contributed by atoms with Crippen molar-refractivity contribution in [2.45, 2.75) is 89.9 Å². The summed E-state index contributed by atoms with van der Waals surface area (Å²) in [6, 6.07) is 0.606. The Labute approximate surface area is 147 Å². The van der Waals surface area contributed by atoms with Gasteiger partial charge >= 0.3 is 0 Å². The van der Waals surface area contributed by atoms with Crippen molar-refractivity contribution < 1.29 is 9.53 Å². The maximum absolute atomic E-state index is 12.8. The van der Waals surface area contributed by atoms with Gasteiger partial charge in [0.25, 0.3) is 5.91 Å². The Kier molecular flexibility index (Phi) is 6.56. The largest absolute Gasteiger partial charge is 0.365 e. The Morgan fingerprint density at radius 3 is 2.54 bits per heavy atom. The van der Waals surface area contributed by atoms with Crippen LogP contribution in [-0.2, 0) is 9.53 Å². The summed E-state index contributed by atoms with van der Waals surface area (Å²) in [4.78, 5) is 14.9. The van der Waals surface area contributed by atoms with E-state index >= 15 is 0 Å². The van der Waals surface area contributed by atoms with Gasteiger partial charge in [-0.05, 0) is 63.3 Å². The summed E-state index contributed by atoms with van der Waals surface area (Å²) in [5, 5.41) is 3.69. The summed E-state index contributed by atoms with van der Waals surface area (Å²) >= 11 is 0. The fourth-order valence-electron chi connectivity index (χ4n) is 4.23. The van der Waals surface area contributed by atoms with Crippen molar-refractivity contribution in [3.05, 3.63) is 0 Å². The molecule has 3 atom stereocenters. The maximum Gasteiger partial charge on any atom is 0.251 e. The minimum absolute atomic E-state index is 0.226. The molecule has 0 spiro atoms. The highest BCUT2D eigenvalue weighted by molar-refractivity contribution is 5.81. The molecule has 0 aromatic carbocycles. The monoisotopic (exact) mass is 336 g/mol. The minimum atomic E-state index is -0.226. The second-order valence-corrected chi connectivity index (χ2v) is 8.38. The molecular weight excluding hydrogens is 300 g/mol. The molecule has 4 nitrogen and oxygen atoms in total. The molecule has 138 valence electrons. The van der Waals surface area contributed by atoms with E-state index in [-0.39, 0.29) is 12.0 Å². The third-order valence-corrected chi connectivity index (χ3v) is 6.09. The fourth-order valence-corrected chi connectivity index (χ4v) is 4.23. The number of hydrogen-bond acceptors (Lipinski definition) is 3. The van der Waals surface area contributed by atoms with Crippen LogP contribution in [0.4, 0.5) is 0 Å². The average Bonchev–Trinajstić information content (AvgIpc) is 3.42. The van der Waals surface area contributed by atoms with E-state index in [4.69, 9.17) is 4.74 Å². The number of carbonyl (C=O) groups is 1. The fraction of sp³-hybridized carbons (Fsp3) is 0.950. The van der Waals surface area contributed by atoms with Gasteiger partial charge in [0.05, 0.1) is 6.10 Å². The van der Waals surface area contributed by atoms with Gasteiger partial charge in [-0.2, -0.15) is 0 Å². The smallest absolute Gasteiger partial charge is 0.251 e. The van der Waals surface area contributed by atoms with Gasteiger partial charge in [0, 0.05) is 19.1 Å². The molecule has 1 amide bonds. The predicted molar refractivity (Wildman–Crippen MR) is 96.9 cm³/mol. The lowest BCUT2D eigenvalue weighted by atomic mass is 9.88. The van der Waals surface area contributed by atoms with Crippen molar-refractivity contribution >= 4 is 5.91 Å². The third-order valence-electron chi connectivity index (χ3n) is 6.09. The quantitative estimate of drug-likeness (QED) is 0.775. The molecule has 24 heavy (non-hydrogen) atoms. The number of amides is 1. The number of likely N-dealkylation sites (tertiary alicyclic amines) is 1. The molecule has 3 fully saturated rings. The highest BCUT2D eigenvalue weighted by Gasteiger charge is 2.31. The highest BCUT2D eigenvalue weighted by Crippen LogP contribution is 2.29. The van der Waals surface area contributed by atoms with Crippen LogP contribution in [0.1, 0.15) is 71.6 Å². The molecule has 2 saturated carbocycles. The molecule has 1 aliphatic heterocycles. The van der Waals surface area contributed by atoms with E-state index in [0.29, 0.717) is 12.1 Å². The van der Waals surface area contributed by atoms with Gasteiger partial charge in [0.1, 0.15) is 6.10 Å². The first-order valence-electron chi connectivity index (χ1n) is 10.3. The molecule has 3 aliphatic rings. The molecule has 2 aliphatic carbocycles.